The molecule has 3 rings (SSSR count). The first-order valence-corrected chi connectivity index (χ1v) is 10.2. The molecule has 3 aromatic rings. The number of rotatable bonds is 5. The molecule has 1 heterocycles. The van der Waals surface area contributed by atoms with Gasteiger partial charge in [-0.2, -0.15) is 0 Å². The molecule has 0 fully saturated rings. The van der Waals surface area contributed by atoms with Crippen molar-refractivity contribution in [2.75, 3.05) is 12.4 Å². The molecule has 32 heavy (non-hydrogen) atoms. The fourth-order valence-corrected chi connectivity index (χ4v) is 2.65. The number of carbonyl (C=O) groups excluding carboxylic acids is 2. The van der Waals surface area contributed by atoms with Crippen molar-refractivity contribution in [2.45, 2.75) is 41.3 Å². The zero-order valence-electron chi connectivity index (χ0n) is 19.6. The number of ether oxygens (including phenoxy) is 2. The number of para-hydroxylation sites is 1. The van der Waals surface area contributed by atoms with Gasteiger partial charge in [-0.05, 0) is 32.0 Å². The Bertz CT molecular complexity index is 955. The first-order chi connectivity index (χ1) is 14.9. The zero-order valence-corrected chi connectivity index (χ0v) is 19.6. The molecular formula is C25H36N2O5. The molecule has 2 aromatic carbocycles. The number of carbonyl (C=O) groups is 2. The highest BCUT2D eigenvalue weighted by molar-refractivity contribution is 6.06. The number of nitrogens with zero attached hydrogens (tertiary/aromatic N) is 1. The van der Waals surface area contributed by atoms with Gasteiger partial charge < -0.3 is 24.8 Å². The van der Waals surface area contributed by atoms with E-state index in [0.717, 1.165) is 0 Å². The molecule has 0 atom stereocenters. The molecule has 0 unspecified atom stereocenters. The number of hydrogen-bond acceptors (Lipinski definition) is 4. The lowest BCUT2D eigenvalue weighted by Gasteiger charge is -2.08. The summed E-state index contributed by atoms with van der Waals surface area (Å²) < 4.78 is 11.8. The summed E-state index contributed by atoms with van der Waals surface area (Å²) in [5, 5.41) is 2.74. The minimum absolute atomic E-state index is 0. The average Bonchev–Trinajstić information content (AvgIpc) is 3.17. The van der Waals surface area contributed by atoms with Crippen molar-refractivity contribution in [3.8, 4) is 5.75 Å². The highest BCUT2D eigenvalue weighted by Gasteiger charge is 2.14. The molecule has 7 heteroatoms. The SMILES string of the molecule is CC.COCn1ccc(NC(=O)c2ccccc2OC(C)=O)c1.Cc1cccc(C)c1.O.[HH]. The van der Waals surface area contributed by atoms with Crippen molar-refractivity contribution < 1.29 is 26.0 Å². The minimum atomic E-state index is -0.471. The molecule has 176 valence electrons. The summed E-state index contributed by atoms with van der Waals surface area (Å²) in [5.74, 6) is -0.581. The Morgan fingerprint density at radius 2 is 1.62 bits per heavy atom. The van der Waals surface area contributed by atoms with Gasteiger partial charge in [0.15, 0.2) is 0 Å². The van der Waals surface area contributed by atoms with Crippen molar-refractivity contribution in [1.29, 1.82) is 0 Å². The maximum Gasteiger partial charge on any atom is 0.308 e. The van der Waals surface area contributed by atoms with Gasteiger partial charge in [0.2, 0.25) is 0 Å². The van der Waals surface area contributed by atoms with Gasteiger partial charge in [0.1, 0.15) is 12.5 Å². The molecule has 0 spiro atoms. The number of amides is 1. The molecule has 1 aromatic heterocycles. The van der Waals surface area contributed by atoms with Gasteiger partial charge in [-0.25, -0.2) is 0 Å². The molecule has 3 N–H and O–H groups in total. The third-order valence-electron chi connectivity index (χ3n) is 3.85. The number of methoxy groups -OCH3 is 1. The van der Waals surface area contributed by atoms with E-state index in [0.29, 0.717) is 18.0 Å². The molecule has 0 aliphatic rings. The zero-order chi connectivity index (χ0) is 23.2. The summed E-state index contributed by atoms with van der Waals surface area (Å²) in [5.41, 5.74) is 3.61. The Balaban J connectivity index is 0. The van der Waals surface area contributed by atoms with E-state index in [1.54, 1.807) is 54.4 Å². The van der Waals surface area contributed by atoms with Crippen molar-refractivity contribution in [2.24, 2.45) is 0 Å². The molecule has 0 saturated carbocycles. The standard InChI is InChI=1S/C15H16N2O4.C8H10.C2H6.H2O.H2/c1-11(18)21-14-6-4-3-5-13(14)15(19)16-12-7-8-17(9-12)10-20-2;1-7-4-3-5-8(2)6-7;1-2;;/h3-9H,10H2,1-2H3,(H,16,19);3-6H,1-2H3;1-2H3;1H2;1H. The number of hydrogen-bond donors (Lipinski definition) is 1. The maximum absolute atomic E-state index is 12.2. The van der Waals surface area contributed by atoms with Crippen LogP contribution in [0.1, 0.15) is 43.7 Å². The molecule has 7 nitrogen and oxygen atoms in total. The van der Waals surface area contributed by atoms with E-state index in [1.807, 2.05) is 13.8 Å². The van der Waals surface area contributed by atoms with Gasteiger partial charge in [0.05, 0.1) is 11.3 Å². The Morgan fingerprint density at radius 3 is 2.16 bits per heavy atom. The number of benzene rings is 2. The summed E-state index contributed by atoms with van der Waals surface area (Å²) in [6.45, 7) is 9.90. The van der Waals surface area contributed by atoms with E-state index in [4.69, 9.17) is 9.47 Å². The third kappa shape index (κ3) is 10.1. The van der Waals surface area contributed by atoms with E-state index in [1.165, 1.54) is 18.1 Å². The topological polar surface area (TPSA) is 101 Å². The van der Waals surface area contributed by atoms with E-state index < -0.39 is 5.97 Å². The highest BCUT2D eigenvalue weighted by Crippen LogP contribution is 2.20. The van der Waals surface area contributed by atoms with Crippen LogP contribution < -0.4 is 10.1 Å². The summed E-state index contributed by atoms with van der Waals surface area (Å²) in [6.07, 6.45) is 3.53. The van der Waals surface area contributed by atoms with Gasteiger partial charge in [-0.1, -0.05) is 61.4 Å². The van der Waals surface area contributed by atoms with Crippen LogP contribution in [0.2, 0.25) is 0 Å². The number of aryl methyl sites for hydroxylation is 2. The second-order valence-electron chi connectivity index (χ2n) is 6.53. The quantitative estimate of drug-likeness (QED) is 0.441. The van der Waals surface area contributed by atoms with Gasteiger partial charge in [-0.3, -0.25) is 9.59 Å². The monoisotopic (exact) mass is 444 g/mol. The molecule has 1 amide bonds. The Labute approximate surface area is 191 Å². The van der Waals surface area contributed by atoms with Gasteiger partial charge in [-0.15, -0.1) is 0 Å². The number of anilines is 1. The largest absolute Gasteiger partial charge is 0.426 e. The van der Waals surface area contributed by atoms with Crippen LogP contribution in [-0.4, -0.2) is 29.0 Å². The fourth-order valence-electron chi connectivity index (χ4n) is 2.65. The summed E-state index contributed by atoms with van der Waals surface area (Å²) in [4.78, 5) is 23.3. The van der Waals surface area contributed by atoms with Gasteiger partial charge in [0, 0.05) is 27.9 Å². The number of nitrogens with one attached hydrogen (secondary N) is 1. The maximum atomic E-state index is 12.2. The smallest absolute Gasteiger partial charge is 0.308 e. The van der Waals surface area contributed by atoms with Crippen LogP contribution in [0, 0.1) is 13.8 Å². The fraction of sp³-hybridized carbons (Fsp3) is 0.280. The molecule has 0 aliphatic carbocycles. The van der Waals surface area contributed by atoms with Crippen LogP contribution in [0.5, 0.6) is 5.75 Å². The molecule has 0 radical (unpaired) electrons. The van der Waals surface area contributed by atoms with Gasteiger partial charge in [0.25, 0.3) is 5.91 Å². The minimum Gasteiger partial charge on any atom is -0.426 e. The average molecular weight is 445 g/mol. The second kappa shape index (κ2) is 15.4. The highest BCUT2D eigenvalue weighted by atomic mass is 16.5. The third-order valence-corrected chi connectivity index (χ3v) is 3.85. The summed E-state index contributed by atoms with van der Waals surface area (Å²) in [7, 11) is 1.59. The summed E-state index contributed by atoms with van der Waals surface area (Å²) >= 11 is 0. The van der Waals surface area contributed by atoms with Crippen LogP contribution >= 0.6 is 0 Å². The second-order valence-corrected chi connectivity index (χ2v) is 6.53. The van der Waals surface area contributed by atoms with Crippen LogP contribution in [0.4, 0.5) is 5.69 Å². The molecular weight excluding hydrogens is 408 g/mol. The lowest BCUT2D eigenvalue weighted by atomic mass is 10.2. The van der Waals surface area contributed by atoms with E-state index in [-0.39, 0.29) is 18.6 Å². The Morgan fingerprint density at radius 1 is 1.00 bits per heavy atom. The predicted octanol–water partition coefficient (Wildman–Crippen LogP) is 5.02. The Kier molecular flexibility index (Phi) is 13.7. The van der Waals surface area contributed by atoms with E-state index in [2.05, 4.69) is 43.4 Å². The molecule has 0 bridgehead atoms. The Hall–Kier alpha value is -3.42. The van der Waals surface area contributed by atoms with Crippen LogP contribution in [0.15, 0.2) is 67.0 Å². The van der Waals surface area contributed by atoms with E-state index >= 15 is 0 Å². The lowest BCUT2D eigenvalue weighted by molar-refractivity contribution is -0.131. The van der Waals surface area contributed by atoms with Crippen LogP contribution in [0.25, 0.3) is 0 Å². The van der Waals surface area contributed by atoms with Crippen molar-refractivity contribution >= 4 is 17.6 Å². The van der Waals surface area contributed by atoms with Crippen LogP contribution in [0.3, 0.4) is 0 Å². The first kappa shape index (κ1) is 28.6. The van der Waals surface area contributed by atoms with E-state index in [9.17, 15) is 9.59 Å². The molecule has 0 saturated heterocycles. The molecule has 0 aliphatic heterocycles. The predicted molar refractivity (Wildman–Crippen MR) is 130 cm³/mol. The first-order valence-electron chi connectivity index (χ1n) is 10.2. The number of esters is 1. The van der Waals surface area contributed by atoms with Crippen LogP contribution in [-0.2, 0) is 16.3 Å². The van der Waals surface area contributed by atoms with Crippen molar-refractivity contribution in [3.05, 3.63) is 83.7 Å². The number of aromatic nitrogens is 1. The summed E-state index contributed by atoms with van der Waals surface area (Å²) in [6, 6.07) is 16.8. The van der Waals surface area contributed by atoms with Crippen molar-refractivity contribution in [1.82, 2.24) is 4.57 Å². The van der Waals surface area contributed by atoms with Crippen molar-refractivity contribution in [3.63, 3.8) is 0 Å². The van der Waals surface area contributed by atoms with Gasteiger partial charge >= 0.3 is 5.97 Å². The normalized spacial score (nSPS) is 9.19. The lowest BCUT2D eigenvalue weighted by Crippen LogP contribution is -2.14.